The van der Waals surface area contributed by atoms with E-state index in [2.05, 4.69) is 18.2 Å². The summed E-state index contributed by atoms with van der Waals surface area (Å²) in [6.07, 6.45) is 7.27. The molecule has 0 bridgehead atoms. The number of carbonyl (C=O) groups is 1. The van der Waals surface area contributed by atoms with Crippen LogP contribution in [0.5, 0.6) is 17.2 Å². The van der Waals surface area contributed by atoms with Crippen molar-refractivity contribution in [2.24, 2.45) is 0 Å². The molecule has 2 aliphatic rings. The molecule has 0 unspecified atom stereocenters. The van der Waals surface area contributed by atoms with E-state index in [0.717, 1.165) is 50.1 Å². The topological polar surface area (TPSA) is 48.0 Å². The second-order valence-electron chi connectivity index (χ2n) is 7.67. The van der Waals surface area contributed by atoms with Crippen molar-refractivity contribution < 1.29 is 19.0 Å². The minimum Gasteiger partial charge on any atom is -0.493 e. The molecule has 0 atom stereocenters. The van der Waals surface area contributed by atoms with Crippen molar-refractivity contribution in [3.63, 3.8) is 0 Å². The van der Waals surface area contributed by atoms with Gasteiger partial charge in [-0.2, -0.15) is 0 Å². The van der Waals surface area contributed by atoms with Gasteiger partial charge in [0.1, 0.15) is 11.4 Å². The van der Waals surface area contributed by atoms with E-state index in [9.17, 15) is 4.79 Å². The Labute approximate surface area is 171 Å². The van der Waals surface area contributed by atoms with Crippen LogP contribution in [0.2, 0.25) is 0 Å². The van der Waals surface area contributed by atoms with Gasteiger partial charge in [0.05, 0.1) is 14.2 Å². The monoisotopic (exact) mass is 393 g/mol. The zero-order valence-electron chi connectivity index (χ0n) is 17.0. The van der Waals surface area contributed by atoms with Gasteiger partial charge in [-0.25, -0.2) is 0 Å². The summed E-state index contributed by atoms with van der Waals surface area (Å²) in [5.74, 6) is 2.36. The first-order valence-corrected chi connectivity index (χ1v) is 10.1. The summed E-state index contributed by atoms with van der Waals surface area (Å²) >= 11 is 0. The molecule has 152 valence electrons. The van der Waals surface area contributed by atoms with Gasteiger partial charge in [0.25, 0.3) is 0 Å². The Kier molecular flexibility index (Phi) is 5.47. The molecule has 2 heterocycles. The maximum absolute atomic E-state index is 12.7. The molecule has 2 aromatic rings. The van der Waals surface area contributed by atoms with Crippen LogP contribution >= 0.6 is 0 Å². The van der Waals surface area contributed by atoms with E-state index in [1.165, 1.54) is 5.56 Å². The number of amides is 1. The third-order valence-corrected chi connectivity index (χ3v) is 5.96. The molecule has 5 nitrogen and oxygen atoms in total. The van der Waals surface area contributed by atoms with E-state index in [4.69, 9.17) is 14.2 Å². The molecular weight excluding hydrogens is 366 g/mol. The summed E-state index contributed by atoms with van der Waals surface area (Å²) in [6.45, 7) is 1.44. The van der Waals surface area contributed by atoms with Crippen LogP contribution < -0.4 is 14.2 Å². The van der Waals surface area contributed by atoms with Gasteiger partial charge in [-0.3, -0.25) is 4.79 Å². The SMILES string of the molecule is COc1ccc(/C=C/C(=O)N2CCC3(CCc4ccccc4O3)CC2)cc1OC. The predicted molar refractivity (Wildman–Crippen MR) is 113 cm³/mol. The Balaban J connectivity index is 1.37. The highest BCUT2D eigenvalue weighted by Gasteiger charge is 2.40. The molecular formula is C24H27NO4. The summed E-state index contributed by atoms with van der Waals surface area (Å²) in [4.78, 5) is 14.6. The van der Waals surface area contributed by atoms with Gasteiger partial charge in [0, 0.05) is 32.0 Å². The van der Waals surface area contributed by atoms with Gasteiger partial charge in [-0.15, -0.1) is 0 Å². The molecule has 0 N–H and O–H groups in total. The van der Waals surface area contributed by atoms with Crippen LogP contribution in [0.4, 0.5) is 0 Å². The molecule has 0 saturated carbocycles. The lowest BCUT2D eigenvalue weighted by Crippen LogP contribution is -2.50. The number of fused-ring (bicyclic) bond motifs is 1. The molecule has 1 amide bonds. The maximum Gasteiger partial charge on any atom is 0.246 e. The first kappa shape index (κ1) is 19.4. The summed E-state index contributed by atoms with van der Waals surface area (Å²) in [5, 5.41) is 0. The molecule has 2 aromatic carbocycles. The Morgan fingerprint density at radius 3 is 2.55 bits per heavy atom. The number of likely N-dealkylation sites (tertiary alicyclic amines) is 1. The van der Waals surface area contributed by atoms with Gasteiger partial charge >= 0.3 is 0 Å². The summed E-state index contributed by atoms with van der Waals surface area (Å²) in [6, 6.07) is 13.9. The molecule has 0 radical (unpaired) electrons. The van der Waals surface area contributed by atoms with Crippen molar-refractivity contribution in [2.75, 3.05) is 27.3 Å². The number of methoxy groups -OCH3 is 2. The van der Waals surface area contributed by atoms with Gasteiger partial charge in [-0.1, -0.05) is 24.3 Å². The molecule has 29 heavy (non-hydrogen) atoms. The van der Waals surface area contributed by atoms with Gasteiger partial charge in [-0.05, 0) is 48.2 Å². The van der Waals surface area contributed by atoms with Crippen LogP contribution in [0, 0.1) is 0 Å². The van der Waals surface area contributed by atoms with Crippen molar-refractivity contribution in [1.29, 1.82) is 0 Å². The third kappa shape index (κ3) is 4.09. The number of ether oxygens (including phenoxy) is 3. The van der Waals surface area contributed by atoms with Gasteiger partial charge < -0.3 is 19.1 Å². The van der Waals surface area contributed by atoms with Crippen LogP contribution in [0.1, 0.15) is 30.4 Å². The molecule has 5 heteroatoms. The second kappa shape index (κ2) is 8.19. The van der Waals surface area contributed by atoms with E-state index in [0.29, 0.717) is 11.5 Å². The van der Waals surface area contributed by atoms with Crippen molar-refractivity contribution in [3.8, 4) is 17.2 Å². The largest absolute Gasteiger partial charge is 0.493 e. The van der Waals surface area contributed by atoms with E-state index < -0.39 is 0 Å². The minimum atomic E-state index is -0.127. The lowest BCUT2D eigenvalue weighted by molar-refractivity contribution is -0.129. The lowest BCUT2D eigenvalue weighted by atomic mass is 9.83. The predicted octanol–water partition coefficient (Wildman–Crippen LogP) is 4.10. The van der Waals surface area contributed by atoms with Crippen LogP contribution in [0.25, 0.3) is 6.08 Å². The van der Waals surface area contributed by atoms with Gasteiger partial charge in [0.2, 0.25) is 5.91 Å². The van der Waals surface area contributed by atoms with Crippen LogP contribution in [0.15, 0.2) is 48.5 Å². The number of hydrogen-bond donors (Lipinski definition) is 0. The van der Waals surface area contributed by atoms with Crippen molar-refractivity contribution in [3.05, 3.63) is 59.7 Å². The molecule has 4 rings (SSSR count). The van der Waals surface area contributed by atoms with Crippen molar-refractivity contribution in [1.82, 2.24) is 4.90 Å². The zero-order valence-corrected chi connectivity index (χ0v) is 17.0. The fraction of sp³-hybridized carbons (Fsp3) is 0.375. The normalized spacial score (nSPS) is 17.7. The molecule has 2 aliphatic heterocycles. The zero-order chi connectivity index (χ0) is 20.3. The van der Waals surface area contributed by atoms with E-state index in [1.807, 2.05) is 35.2 Å². The van der Waals surface area contributed by atoms with Gasteiger partial charge in [0.15, 0.2) is 11.5 Å². The van der Waals surface area contributed by atoms with Crippen LogP contribution in [-0.4, -0.2) is 43.7 Å². The molecule has 0 aromatic heterocycles. The minimum absolute atomic E-state index is 0.0332. The van der Waals surface area contributed by atoms with E-state index in [-0.39, 0.29) is 11.5 Å². The quantitative estimate of drug-likeness (QED) is 0.734. The second-order valence-corrected chi connectivity index (χ2v) is 7.67. The van der Waals surface area contributed by atoms with Crippen LogP contribution in [-0.2, 0) is 11.2 Å². The number of benzene rings is 2. The fourth-order valence-corrected chi connectivity index (χ4v) is 4.17. The average Bonchev–Trinajstić information content (AvgIpc) is 2.77. The Morgan fingerprint density at radius 1 is 1.03 bits per heavy atom. The first-order chi connectivity index (χ1) is 14.1. The Morgan fingerprint density at radius 2 is 1.79 bits per heavy atom. The van der Waals surface area contributed by atoms with Crippen molar-refractivity contribution in [2.45, 2.75) is 31.3 Å². The highest BCUT2D eigenvalue weighted by Crippen LogP contribution is 2.39. The number of rotatable bonds is 4. The Bertz CT molecular complexity index is 913. The smallest absolute Gasteiger partial charge is 0.246 e. The Hall–Kier alpha value is -2.95. The molecule has 1 saturated heterocycles. The number of carbonyl (C=O) groups excluding carboxylic acids is 1. The van der Waals surface area contributed by atoms with Crippen molar-refractivity contribution >= 4 is 12.0 Å². The molecule has 1 fully saturated rings. The number of hydrogen-bond acceptors (Lipinski definition) is 4. The number of para-hydroxylation sites is 1. The lowest BCUT2D eigenvalue weighted by Gasteiger charge is -2.44. The highest BCUT2D eigenvalue weighted by atomic mass is 16.5. The fourth-order valence-electron chi connectivity index (χ4n) is 4.17. The molecule has 1 spiro atoms. The summed E-state index contributed by atoms with van der Waals surface area (Å²) in [5.41, 5.74) is 2.06. The van der Waals surface area contributed by atoms with E-state index >= 15 is 0 Å². The number of piperidine rings is 1. The van der Waals surface area contributed by atoms with E-state index in [1.54, 1.807) is 20.3 Å². The summed E-state index contributed by atoms with van der Waals surface area (Å²) in [7, 11) is 3.21. The summed E-state index contributed by atoms with van der Waals surface area (Å²) < 4.78 is 17.0. The first-order valence-electron chi connectivity index (χ1n) is 10.1. The molecule has 0 aliphatic carbocycles. The average molecular weight is 393 g/mol. The number of aryl methyl sites for hydroxylation is 1. The van der Waals surface area contributed by atoms with Crippen LogP contribution in [0.3, 0.4) is 0 Å². The highest BCUT2D eigenvalue weighted by molar-refractivity contribution is 5.92. The standard InChI is InChI=1S/C24H27NO4/c1-27-21-9-7-18(17-22(21)28-2)8-10-23(26)25-15-13-24(14-16-25)12-11-19-5-3-4-6-20(19)29-24/h3-10,17H,11-16H2,1-2H3/b10-8+. The number of nitrogens with zero attached hydrogens (tertiary/aromatic N) is 1. The maximum atomic E-state index is 12.7. The third-order valence-electron chi connectivity index (χ3n) is 5.96.